The van der Waals surface area contributed by atoms with Gasteiger partial charge >= 0.3 is 0 Å². The van der Waals surface area contributed by atoms with Crippen molar-refractivity contribution < 1.29 is 19.0 Å². The summed E-state index contributed by atoms with van der Waals surface area (Å²) in [7, 11) is 1.54. The molecule has 1 N–H and O–H groups in total. The van der Waals surface area contributed by atoms with E-state index in [4.69, 9.17) is 4.74 Å². The predicted octanol–water partition coefficient (Wildman–Crippen LogP) is 4.28. The van der Waals surface area contributed by atoms with Crippen LogP contribution >= 0.6 is 0 Å². The second-order valence-corrected chi connectivity index (χ2v) is 5.85. The molecule has 0 spiro atoms. The van der Waals surface area contributed by atoms with E-state index in [1.807, 2.05) is 13.8 Å². The Hall–Kier alpha value is -2.66. The van der Waals surface area contributed by atoms with Gasteiger partial charge in [-0.2, -0.15) is 0 Å². The summed E-state index contributed by atoms with van der Waals surface area (Å²) >= 11 is 0. The fourth-order valence-corrected chi connectivity index (χ4v) is 2.67. The zero-order valence-electron chi connectivity index (χ0n) is 15.3. The number of benzene rings is 2. The van der Waals surface area contributed by atoms with Crippen LogP contribution in [-0.4, -0.2) is 36.0 Å². The van der Waals surface area contributed by atoms with Crippen LogP contribution in [0.25, 0.3) is 6.08 Å². The van der Waals surface area contributed by atoms with Crippen molar-refractivity contribution in [2.75, 3.05) is 20.2 Å². The van der Waals surface area contributed by atoms with Crippen LogP contribution in [0.3, 0.4) is 0 Å². The standard InChI is InChI=1S/C21H24FNO3/c1-4-23(5-2)14-18-20(26-3)13-11-17(21(18)25)19(24)12-8-15-6-9-16(22)10-7-15/h6-13,25H,4-5,14H2,1-3H3/b12-8+. The number of methoxy groups -OCH3 is 1. The molecule has 0 aromatic heterocycles. The lowest BCUT2D eigenvalue weighted by atomic mass is 10.0. The number of halogens is 1. The van der Waals surface area contributed by atoms with Crippen molar-refractivity contribution in [3.05, 3.63) is 65.0 Å². The number of nitrogens with zero attached hydrogens (tertiary/aromatic N) is 1. The number of phenols is 1. The zero-order valence-corrected chi connectivity index (χ0v) is 15.3. The van der Waals surface area contributed by atoms with Crippen molar-refractivity contribution in [3.8, 4) is 11.5 Å². The smallest absolute Gasteiger partial charge is 0.189 e. The van der Waals surface area contributed by atoms with Crippen molar-refractivity contribution in [1.82, 2.24) is 4.90 Å². The van der Waals surface area contributed by atoms with Gasteiger partial charge in [0.1, 0.15) is 17.3 Å². The van der Waals surface area contributed by atoms with Gasteiger partial charge in [-0.05, 0) is 49.0 Å². The first-order chi connectivity index (χ1) is 12.5. The van der Waals surface area contributed by atoms with Gasteiger partial charge in [0.2, 0.25) is 0 Å². The minimum Gasteiger partial charge on any atom is -0.507 e. The summed E-state index contributed by atoms with van der Waals surface area (Å²) in [6.07, 6.45) is 2.96. The van der Waals surface area contributed by atoms with Gasteiger partial charge in [0.05, 0.1) is 18.2 Å². The lowest BCUT2D eigenvalue weighted by molar-refractivity contribution is 0.104. The molecule has 0 saturated carbocycles. The molecular weight excluding hydrogens is 333 g/mol. The molecular formula is C21H24FNO3. The number of hydrogen-bond acceptors (Lipinski definition) is 4. The Bertz CT molecular complexity index is 781. The van der Waals surface area contributed by atoms with Crippen molar-refractivity contribution in [2.24, 2.45) is 0 Å². The summed E-state index contributed by atoms with van der Waals surface area (Å²) in [5.74, 6) is -0.170. The van der Waals surface area contributed by atoms with Crippen molar-refractivity contribution in [1.29, 1.82) is 0 Å². The van der Waals surface area contributed by atoms with E-state index in [9.17, 15) is 14.3 Å². The molecule has 2 rings (SSSR count). The van der Waals surface area contributed by atoms with Crippen molar-refractivity contribution >= 4 is 11.9 Å². The van der Waals surface area contributed by atoms with E-state index in [2.05, 4.69) is 4.90 Å². The van der Waals surface area contributed by atoms with E-state index in [0.29, 0.717) is 23.4 Å². The molecule has 0 aliphatic heterocycles. The summed E-state index contributed by atoms with van der Waals surface area (Å²) < 4.78 is 18.3. The van der Waals surface area contributed by atoms with Gasteiger partial charge in [-0.3, -0.25) is 9.69 Å². The SMILES string of the molecule is CCN(CC)Cc1c(OC)ccc(C(=O)/C=C/c2ccc(F)cc2)c1O. The highest BCUT2D eigenvalue weighted by molar-refractivity contribution is 6.09. The fourth-order valence-electron chi connectivity index (χ4n) is 2.67. The van der Waals surface area contributed by atoms with Crippen LogP contribution in [0, 0.1) is 5.82 Å². The minimum absolute atomic E-state index is 0.0648. The first-order valence-electron chi connectivity index (χ1n) is 8.59. The van der Waals surface area contributed by atoms with Crippen LogP contribution in [0.15, 0.2) is 42.5 Å². The van der Waals surface area contributed by atoms with Crippen molar-refractivity contribution in [3.63, 3.8) is 0 Å². The average Bonchev–Trinajstić information content (AvgIpc) is 2.66. The van der Waals surface area contributed by atoms with Gasteiger partial charge in [0, 0.05) is 6.54 Å². The van der Waals surface area contributed by atoms with E-state index in [1.54, 1.807) is 30.3 Å². The first kappa shape index (κ1) is 19.7. The normalized spacial score (nSPS) is 11.3. The Labute approximate surface area is 153 Å². The number of rotatable bonds is 8. The molecule has 138 valence electrons. The molecule has 4 nitrogen and oxygen atoms in total. The molecule has 0 fully saturated rings. The van der Waals surface area contributed by atoms with Crippen LogP contribution in [0.5, 0.6) is 11.5 Å². The molecule has 0 heterocycles. The molecule has 0 aliphatic carbocycles. The van der Waals surface area contributed by atoms with Crippen LogP contribution in [-0.2, 0) is 6.54 Å². The molecule has 0 radical (unpaired) electrons. The highest BCUT2D eigenvalue weighted by Gasteiger charge is 2.18. The lowest BCUT2D eigenvalue weighted by Crippen LogP contribution is -2.22. The number of carbonyl (C=O) groups excluding carboxylic acids is 1. The molecule has 0 bridgehead atoms. The molecule has 0 unspecified atom stereocenters. The van der Waals surface area contributed by atoms with E-state index in [1.165, 1.54) is 25.3 Å². The third-order valence-corrected chi connectivity index (χ3v) is 4.30. The molecule has 2 aromatic carbocycles. The Morgan fingerprint density at radius 1 is 1.15 bits per heavy atom. The topological polar surface area (TPSA) is 49.8 Å². The molecule has 0 aliphatic rings. The van der Waals surface area contributed by atoms with Gasteiger partial charge in [-0.25, -0.2) is 4.39 Å². The average molecular weight is 357 g/mol. The summed E-state index contributed by atoms with van der Waals surface area (Å²) in [4.78, 5) is 14.6. The number of ether oxygens (including phenoxy) is 1. The summed E-state index contributed by atoms with van der Waals surface area (Å²) in [6, 6.07) is 9.07. The fraction of sp³-hybridized carbons (Fsp3) is 0.286. The second-order valence-electron chi connectivity index (χ2n) is 5.85. The molecule has 2 aromatic rings. The first-order valence-corrected chi connectivity index (χ1v) is 8.59. The highest BCUT2D eigenvalue weighted by atomic mass is 19.1. The Balaban J connectivity index is 2.30. The molecule has 0 saturated heterocycles. The number of hydrogen-bond donors (Lipinski definition) is 1. The molecule has 0 atom stereocenters. The second kappa shape index (κ2) is 9.15. The monoisotopic (exact) mass is 357 g/mol. The Kier molecular flexibility index (Phi) is 6.92. The Morgan fingerprint density at radius 2 is 1.81 bits per heavy atom. The number of phenolic OH excluding ortho intramolecular Hbond substituents is 1. The Morgan fingerprint density at radius 3 is 2.38 bits per heavy atom. The maximum Gasteiger partial charge on any atom is 0.189 e. The van der Waals surface area contributed by atoms with E-state index < -0.39 is 0 Å². The number of carbonyl (C=O) groups is 1. The maximum absolute atomic E-state index is 12.9. The predicted molar refractivity (Wildman–Crippen MR) is 101 cm³/mol. The molecule has 5 heteroatoms. The highest BCUT2D eigenvalue weighted by Crippen LogP contribution is 2.33. The van der Waals surface area contributed by atoms with Gasteiger partial charge in [0.15, 0.2) is 5.78 Å². The third kappa shape index (κ3) is 4.70. The quantitative estimate of drug-likeness (QED) is 0.566. The summed E-state index contributed by atoms with van der Waals surface area (Å²) in [5.41, 5.74) is 1.51. The molecule has 26 heavy (non-hydrogen) atoms. The van der Waals surface area contributed by atoms with Crippen LogP contribution in [0.1, 0.15) is 35.3 Å². The summed E-state index contributed by atoms with van der Waals surface area (Å²) in [5, 5.41) is 10.6. The number of allylic oxidation sites excluding steroid dienone is 1. The van der Waals surface area contributed by atoms with E-state index >= 15 is 0 Å². The van der Waals surface area contributed by atoms with E-state index in [0.717, 1.165) is 13.1 Å². The van der Waals surface area contributed by atoms with E-state index in [-0.39, 0.29) is 22.9 Å². The zero-order chi connectivity index (χ0) is 19.1. The van der Waals surface area contributed by atoms with Gasteiger partial charge in [-0.15, -0.1) is 0 Å². The minimum atomic E-state index is -0.331. The lowest BCUT2D eigenvalue weighted by Gasteiger charge is -2.21. The van der Waals surface area contributed by atoms with Crippen LogP contribution < -0.4 is 4.74 Å². The van der Waals surface area contributed by atoms with Gasteiger partial charge < -0.3 is 9.84 Å². The number of ketones is 1. The number of aromatic hydroxyl groups is 1. The summed E-state index contributed by atoms with van der Waals surface area (Å²) in [6.45, 7) is 6.20. The third-order valence-electron chi connectivity index (χ3n) is 4.30. The van der Waals surface area contributed by atoms with Gasteiger partial charge in [-0.1, -0.05) is 32.1 Å². The van der Waals surface area contributed by atoms with Crippen molar-refractivity contribution in [2.45, 2.75) is 20.4 Å². The largest absolute Gasteiger partial charge is 0.507 e. The molecule has 0 amide bonds. The van der Waals surface area contributed by atoms with Crippen LogP contribution in [0.4, 0.5) is 4.39 Å². The van der Waals surface area contributed by atoms with Gasteiger partial charge in [0.25, 0.3) is 0 Å². The maximum atomic E-state index is 12.9. The van der Waals surface area contributed by atoms with Crippen LogP contribution in [0.2, 0.25) is 0 Å².